The molecule has 0 aliphatic carbocycles. The van der Waals surface area contributed by atoms with Gasteiger partial charge in [0.2, 0.25) is 0 Å². The Kier molecular flexibility index (Phi) is 4.20. The molecule has 5 rings (SSSR count). The first-order valence-electron chi connectivity index (χ1n) is 9.14. The molecule has 0 N–H and O–H groups in total. The molecule has 4 aromatic rings. The Morgan fingerprint density at radius 2 is 1.82 bits per heavy atom. The molecule has 0 bridgehead atoms. The minimum atomic E-state index is -0.0244. The molecule has 0 fully saturated rings. The smallest absolute Gasteiger partial charge is 0.274 e. The average Bonchev–Trinajstić information content (AvgIpc) is 3.16. The van der Waals surface area contributed by atoms with Crippen molar-refractivity contribution in [3.05, 3.63) is 88.4 Å². The van der Waals surface area contributed by atoms with Gasteiger partial charge in [-0.15, -0.1) is 0 Å². The normalized spacial score (nSPS) is 13.5. The number of fused-ring (bicyclic) bond motifs is 2. The molecule has 5 nitrogen and oxygen atoms in total. The molecule has 0 atom stereocenters. The van der Waals surface area contributed by atoms with Crippen LogP contribution in [0.5, 0.6) is 0 Å². The highest BCUT2D eigenvalue weighted by molar-refractivity contribution is 9.10. The van der Waals surface area contributed by atoms with Gasteiger partial charge in [0.05, 0.1) is 5.52 Å². The van der Waals surface area contributed by atoms with Gasteiger partial charge in [0, 0.05) is 36.2 Å². The van der Waals surface area contributed by atoms with Gasteiger partial charge in [-0.3, -0.25) is 9.78 Å². The van der Waals surface area contributed by atoms with E-state index in [4.69, 9.17) is 0 Å². The number of carbonyl (C=O) groups is 1. The summed E-state index contributed by atoms with van der Waals surface area (Å²) in [6.45, 7) is 1.31. The number of hydrogen-bond acceptors (Lipinski definition) is 3. The number of benzene rings is 1. The van der Waals surface area contributed by atoms with E-state index in [0.717, 1.165) is 22.0 Å². The fourth-order valence-electron chi connectivity index (χ4n) is 3.68. The summed E-state index contributed by atoms with van der Waals surface area (Å²) in [5, 5.41) is 4.45. The largest absolute Gasteiger partial charge is 0.333 e. The topological polar surface area (TPSA) is 50.5 Å². The van der Waals surface area contributed by atoms with Crippen molar-refractivity contribution in [2.45, 2.75) is 13.0 Å². The highest BCUT2D eigenvalue weighted by atomic mass is 79.9. The molecule has 6 heteroatoms. The number of amides is 1. The van der Waals surface area contributed by atoms with Crippen molar-refractivity contribution in [1.82, 2.24) is 19.5 Å². The summed E-state index contributed by atoms with van der Waals surface area (Å²) < 4.78 is 2.66. The molecule has 0 unspecified atom stereocenters. The molecule has 1 amide bonds. The molecule has 138 valence electrons. The number of pyridine rings is 2. The first-order chi connectivity index (χ1) is 13.7. The van der Waals surface area contributed by atoms with Crippen molar-refractivity contribution in [2.75, 3.05) is 6.54 Å². The van der Waals surface area contributed by atoms with E-state index in [1.807, 2.05) is 53.8 Å². The number of nitrogens with zero attached hydrogens (tertiary/aromatic N) is 4. The predicted octanol–water partition coefficient (Wildman–Crippen LogP) is 4.36. The molecule has 1 aromatic carbocycles. The maximum absolute atomic E-state index is 13.0. The Labute approximate surface area is 170 Å². The summed E-state index contributed by atoms with van der Waals surface area (Å²) in [7, 11) is 0. The molecular weight excluding hydrogens is 416 g/mol. The van der Waals surface area contributed by atoms with Crippen LogP contribution in [0.2, 0.25) is 0 Å². The van der Waals surface area contributed by atoms with E-state index >= 15 is 0 Å². The second-order valence-corrected chi connectivity index (χ2v) is 7.86. The van der Waals surface area contributed by atoms with Crippen molar-refractivity contribution >= 4 is 27.4 Å². The summed E-state index contributed by atoms with van der Waals surface area (Å²) in [5.41, 5.74) is 6.24. The summed E-state index contributed by atoms with van der Waals surface area (Å²) in [4.78, 5) is 18.9. The second kappa shape index (κ2) is 6.87. The summed E-state index contributed by atoms with van der Waals surface area (Å²) in [5.74, 6) is -0.0244. The molecular formula is C22H17BrN4O. The van der Waals surface area contributed by atoms with Crippen molar-refractivity contribution < 1.29 is 4.79 Å². The Morgan fingerprint density at radius 3 is 2.68 bits per heavy atom. The predicted molar refractivity (Wildman–Crippen MR) is 111 cm³/mol. The molecule has 28 heavy (non-hydrogen) atoms. The third-order valence-electron chi connectivity index (χ3n) is 5.16. The van der Waals surface area contributed by atoms with Gasteiger partial charge in [-0.1, -0.05) is 18.2 Å². The highest BCUT2D eigenvalue weighted by Crippen LogP contribution is 2.27. The van der Waals surface area contributed by atoms with Gasteiger partial charge in [-0.2, -0.15) is 5.10 Å². The van der Waals surface area contributed by atoms with Crippen LogP contribution in [0, 0.1) is 0 Å². The molecule has 3 aromatic heterocycles. The van der Waals surface area contributed by atoms with E-state index in [0.29, 0.717) is 18.8 Å². The summed E-state index contributed by atoms with van der Waals surface area (Å²) in [6.07, 6.45) is 6.32. The van der Waals surface area contributed by atoms with E-state index in [1.54, 1.807) is 4.52 Å². The molecule has 0 spiro atoms. The minimum absolute atomic E-state index is 0.0244. The van der Waals surface area contributed by atoms with E-state index in [1.165, 1.54) is 16.7 Å². The molecule has 4 heterocycles. The first kappa shape index (κ1) is 17.1. The van der Waals surface area contributed by atoms with Gasteiger partial charge in [0.1, 0.15) is 0 Å². The molecule has 0 radical (unpaired) electrons. The zero-order valence-corrected chi connectivity index (χ0v) is 16.6. The Balaban J connectivity index is 1.39. The highest BCUT2D eigenvalue weighted by Gasteiger charge is 2.24. The van der Waals surface area contributed by atoms with Crippen LogP contribution in [0.3, 0.4) is 0 Å². The van der Waals surface area contributed by atoms with E-state index < -0.39 is 0 Å². The van der Waals surface area contributed by atoms with Gasteiger partial charge in [-0.25, -0.2) is 4.52 Å². The maximum Gasteiger partial charge on any atom is 0.274 e. The SMILES string of the molecule is O=C(c1cc2ccc(Br)cn2n1)N1CCc2cc(-c3ccncc3)ccc2C1. The van der Waals surface area contributed by atoms with Crippen LogP contribution in [0.4, 0.5) is 0 Å². The van der Waals surface area contributed by atoms with Crippen LogP contribution in [0.15, 0.2) is 71.6 Å². The standard InChI is InChI=1S/C22H17BrN4O/c23-19-3-4-20-12-21(25-27(20)14-19)22(28)26-10-7-17-11-16(1-2-18(17)13-26)15-5-8-24-9-6-15/h1-6,8-9,11-12,14H,7,10,13H2. The number of rotatable bonds is 2. The third-order valence-corrected chi connectivity index (χ3v) is 5.63. The maximum atomic E-state index is 13.0. The minimum Gasteiger partial charge on any atom is -0.333 e. The lowest BCUT2D eigenvalue weighted by molar-refractivity contribution is 0.0728. The quantitative estimate of drug-likeness (QED) is 0.472. The van der Waals surface area contributed by atoms with Crippen molar-refractivity contribution in [3.63, 3.8) is 0 Å². The monoisotopic (exact) mass is 432 g/mol. The van der Waals surface area contributed by atoms with Gasteiger partial charge in [0.25, 0.3) is 5.91 Å². The van der Waals surface area contributed by atoms with Crippen molar-refractivity contribution in [3.8, 4) is 11.1 Å². The zero-order valence-electron chi connectivity index (χ0n) is 15.0. The summed E-state index contributed by atoms with van der Waals surface area (Å²) in [6, 6.07) is 16.2. The van der Waals surface area contributed by atoms with Crippen molar-refractivity contribution in [2.24, 2.45) is 0 Å². The first-order valence-corrected chi connectivity index (χ1v) is 9.93. The fraction of sp³-hybridized carbons (Fsp3) is 0.136. The second-order valence-electron chi connectivity index (χ2n) is 6.94. The molecule has 0 saturated heterocycles. The Hall–Kier alpha value is -2.99. The number of halogens is 1. The number of carbonyl (C=O) groups excluding carboxylic acids is 1. The van der Waals surface area contributed by atoms with Gasteiger partial charge in [-0.05, 0) is 74.9 Å². The molecule has 1 aliphatic heterocycles. The van der Waals surface area contributed by atoms with Gasteiger partial charge in [0.15, 0.2) is 5.69 Å². The van der Waals surface area contributed by atoms with Crippen LogP contribution in [0.1, 0.15) is 21.6 Å². The lowest BCUT2D eigenvalue weighted by Crippen LogP contribution is -2.36. The van der Waals surface area contributed by atoms with Crippen LogP contribution < -0.4 is 0 Å². The Morgan fingerprint density at radius 1 is 0.964 bits per heavy atom. The lowest BCUT2D eigenvalue weighted by atomic mass is 9.95. The van der Waals surface area contributed by atoms with Crippen LogP contribution in [-0.4, -0.2) is 31.9 Å². The lowest BCUT2D eigenvalue weighted by Gasteiger charge is -2.28. The molecule has 1 aliphatic rings. The molecule has 0 saturated carbocycles. The van der Waals surface area contributed by atoms with E-state index in [9.17, 15) is 4.79 Å². The third kappa shape index (κ3) is 3.10. The van der Waals surface area contributed by atoms with Crippen LogP contribution in [0.25, 0.3) is 16.6 Å². The Bertz CT molecular complexity index is 1190. The number of hydrogen-bond donors (Lipinski definition) is 0. The summed E-state index contributed by atoms with van der Waals surface area (Å²) >= 11 is 3.44. The van der Waals surface area contributed by atoms with Gasteiger partial charge >= 0.3 is 0 Å². The van der Waals surface area contributed by atoms with E-state index in [2.05, 4.69) is 44.2 Å². The van der Waals surface area contributed by atoms with Gasteiger partial charge < -0.3 is 4.90 Å². The average molecular weight is 433 g/mol. The van der Waals surface area contributed by atoms with Crippen LogP contribution in [-0.2, 0) is 13.0 Å². The zero-order chi connectivity index (χ0) is 19.1. The van der Waals surface area contributed by atoms with E-state index in [-0.39, 0.29) is 5.91 Å². The fourth-order valence-corrected chi connectivity index (χ4v) is 4.00. The van der Waals surface area contributed by atoms with Crippen molar-refractivity contribution in [1.29, 1.82) is 0 Å². The van der Waals surface area contributed by atoms with Crippen LogP contribution >= 0.6 is 15.9 Å². The number of aromatic nitrogens is 3.